The summed E-state index contributed by atoms with van der Waals surface area (Å²) in [6.45, 7) is 0.362. The third-order valence-corrected chi connectivity index (χ3v) is 1.60. The predicted octanol–water partition coefficient (Wildman–Crippen LogP) is 0.844. The van der Waals surface area contributed by atoms with Gasteiger partial charge in [0.1, 0.15) is 6.29 Å². The lowest BCUT2D eigenvalue weighted by atomic mass is 10.7. The van der Waals surface area contributed by atoms with Gasteiger partial charge in [-0.25, -0.2) is 4.98 Å². The molecule has 4 heteroatoms. The number of carbonyl (C=O) groups is 1. The normalized spacial score (nSPS) is 9.44. The Morgan fingerprint density at radius 1 is 1.89 bits per heavy atom. The molecule has 0 N–H and O–H groups in total. The van der Waals surface area contributed by atoms with Crippen LogP contribution in [0.25, 0.3) is 0 Å². The monoisotopic (exact) mass is 188 g/mol. The first kappa shape index (κ1) is 6.48. The summed E-state index contributed by atoms with van der Waals surface area (Å²) in [7, 11) is 0. The van der Waals surface area contributed by atoms with Crippen molar-refractivity contribution in [2.45, 2.75) is 6.54 Å². The van der Waals surface area contributed by atoms with Crippen LogP contribution in [-0.2, 0) is 11.3 Å². The second-order valence-corrected chi connectivity index (χ2v) is 2.22. The maximum Gasteiger partial charge on any atom is 0.177 e. The predicted molar refractivity (Wildman–Crippen MR) is 36.0 cm³/mol. The third kappa shape index (κ3) is 1.38. The van der Waals surface area contributed by atoms with Gasteiger partial charge in [-0.1, -0.05) is 0 Å². The second kappa shape index (κ2) is 2.77. The highest BCUT2D eigenvalue weighted by atomic mass is 79.9. The van der Waals surface area contributed by atoms with E-state index in [0.29, 0.717) is 11.3 Å². The van der Waals surface area contributed by atoms with Gasteiger partial charge in [-0.15, -0.1) is 0 Å². The van der Waals surface area contributed by atoms with Gasteiger partial charge in [-0.2, -0.15) is 0 Å². The Morgan fingerprint density at radius 2 is 2.67 bits per heavy atom. The molecule has 0 saturated carbocycles. The highest BCUT2D eigenvalue weighted by Gasteiger charge is 1.93. The van der Waals surface area contributed by atoms with E-state index in [4.69, 9.17) is 0 Å². The van der Waals surface area contributed by atoms with Gasteiger partial charge in [0.15, 0.2) is 4.73 Å². The number of halogens is 1. The van der Waals surface area contributed by atoms with E-state index in [1.807, 2.05) is 0 Å². The van der Waals surface area contributed by atoms with Gasteiger partial charge in [-0.3, -0.25) is 0 Å². The second-order valence-electron chi connectivity index (χ2n) is 1.52. The number of aldehydes is 1. The van der Waals surface area contributed by atoms with E-state index in [2.05, 4.69) is 20.9 Å². The van der Waals surface area contributed by atoms with Crippen molar-refractivity contribution < 1.29 is 4.79 Å². The molecule has 1 heterocycles. The van der Waals surface area contributed by atoms with E-state index in [9.17, 15) is 4.79 Å². The molecule has 1 aromatic rings. The first-order valence-electron chi connectivity index (χ1n) is 2.45. The smallest absolute Gasteiger partial charge is 0.177 e. The number of rotatable bonds is 2. The van der Waals surface area contributed by atoms with Crippen molar-refractivity contribution in [2.75, 3.05) is 0 Å². The minimum atomic E-state index is 0.362. The average molecular weight is 189 g/mol. The van der Waals surface area contributed by atoms with Crippen molar-refractivity contribution in [3.63, 3.8) is 0 Å². The Bertz CT molecular complexity index is 208. The summed E-state index contributed by atoms with van der Waals surface area (Å²) >= 11 is 3.16. The molecular weight excluding hydrogens is 184 g/mol. The largest absolute Gasteiger partial charge is 0.319 e. The van der Waals surface area contributed by atoms with Gasteiger partial charge in [0.05, 0.1) is 6.54 Å². The van der Waals surface area contributed by atoms with Crippen LogP contribution in [0.4, 0.5) is 0 Å². The molecule has 9 heavy (non-hydrogen) atoms. The van der Waals surface area contributed by atoms with E-state index in [0.717, 1.165) is 6.29 Å². The van der Waals surface area contributed by atoms with Crippen molar-refractivity contribution in [3.8, 4) is 0 Å². The molecule has 0 aromatic carbocycles. The fraction of sp³-hybridized carbons (Fsp3) is 0.200. The van der Waals surface area contributed by atoms with Gasteiger partial charge in [0.2, 0.25) is 0 Å². The molecule has 48 valence electrons. The van der Waals surface area contributed by atoms with Crippen molar-refractivity contribution >= 4 is 22.2 Å². The first-order chi connectivity index (χ1) is 4.34. The zero-order valence-corrected chi connectivity index (χ0v) is 6.21. The summed E-state index contributed by atoms with van der Waals surface area (Å²) in [4.78, 5) is 13.8. The maximum atomic E-state index is 9.96. The lowest BCUT2D eigenvalue weighted by Crippen LogP contribution is -1.96. The summed E-state index contributed by atoms with van der Waals surface area (Å²) in [5.74, 6) is 0. The Balaban J connectivity index is 2.80. The number of nitrogens with zero attached hydrogens (tertiary/aromatic N) is 2. The molecule has 0 saturated heterocycles. The molecule has 0 radical (unpaired) electrons. The number of carbonyl (C=O) groups excluding carboxylic acids is 1. The van der Waals surface area contributed by atoms with E-state index in [1.165, 1.54) is 0 Å². The van der Waals surface area contributed by atoms with Crippen LogP contribution in [0, 0.1) is 0 Å². The molecule has 1 rings (SSSR count). The summed E-state index contributed by atoms with van der Waals surface area (Å²) in [6, 6.07) is 0. The van der Waals surface area contributed by atoms with E-state index in [1.54, 1.807) is 17.0 Å². The zero-order valence-electron chi connectivity index (χ0n) is 4.62. The summed E-state index contributed by atoms with van der Waals surface area (Å²) in [5.41, 5.74) is 0. The molecule has 0 aliphatic rings. The van der Waals surface area contributed by atoms with Crippen molar-refractivity contribution in [2.24, 2.45) is 0 Å². The average Bonchev–Trinajstić information content (AvgIpc) is 2.18. The highest BCUT2D eigenvalue weighted by molar-refractivity contribution is 9.10. The van der Waals surface area contributed by atoms with Crippen LogP contribution in [0.5, 0.6) is 0 Å². The maximum absolute atomic E-state index is 9.96. The molecule has 0 aliphatic carbocycles. The first-order valence-corrected chi connectivity index (χ1v) is 3.24. The van der Waals surface area contributed by atoms with Gasteiger partial charge in [-0.05, 0) is 15.9 Å². The van der Waals surface area contributed by atoms with Crippen LogP contribution in [0.3, 0.4) is 0 Å². The van der Waals surface area contributed by atoms with Crippen LogP contribution in [0.2, 0.25) is 0 Å². The molecule has 0 aliphatic heterocycles. The Labute approximate surface area is 60.8 Å². The van der Waals surface area contributed by atoms with Crippen LogP contribution >= 0.6 is 15.9 Å². The number of imidazole rings is 1. The molecule has 0 amide bonds. The molecule has 0 bridgehead atoms. The van der Waals surface area contributed by atoms with Crippen molar-refractivity contribution in [1.29, 1.82) is 0 Å². The highest BCUT2D eigenvalue weighted by Crippen LogP contribution is 2.03. The molecule has 0 fully saturated rings. The molecule has 0 atom stereocenters. The van der Waals surface area contributed by atoms with Crippen LogP contribution in [0.15, 0.2) is 17.1 Å². The fourth-order valence-corrected chi connectivity index (χ4v) is 0.909. The topological polar surface area (TPSA) is 34.9 Å². The van der Waals surface area contributed by atoms with Gasteiger partial charge >= 0.3 is 0 Å². The van der Waals surface area contributed by atoms with E-state index in [-0.39, 0.29) is 0 Å². The molecule has 3 nitrogen and oxygen atoms in total. The molecule has 1 aromatic heterocycles. The number of aromatic nitrogens is 2. The fourth-order valence-electron chi connectivity index (χ4n) is 0.527. The van der Waals surface area contributed by atoms with Crippen molar-refractivity contribution in [1.82, 2.24) is 9.55 Å². The number of hydrogen-bond donors (Lipinski definition) is 0. The van der Waals surface area contributed by atoms with E-state index >= 15 is 0 Å². The SMILES string of the molecule is O=CCn1ccnc1Br. The molecule has 0 spiro atoms. The number of hydrogen-bond acceptors (Lipinski definition) is 2. The van der Waals surface area contributed by atoms with Crippen LogP contribution in [-0.4, -0.2) is 15.8 Å². The minimum Gasteiger partial charge on any atom is -0.319 e. The standard InChI is InChI=1S/C5H5BrN2O/c6-5-7-1-2-8(5)3-4-9/h1-2,4H,3H2. The quantitative estimate of drug-likeness (QED) is 0.646. The molecular formula is C5H5BrN2O. The lowest BCUT2D eigenvalue weighted by molar-refractivity contribution is -0.108. The third-order valence-electron chi connectivity index (χ3n) is 0.936. The Morgan fingerprint density at radius 3 is 3.11 bits per heavy atom. The van der Waals surface area contributed by atoms with Gasteiger partial charge in [0, 0.05) is 12.4 Å². The lowest BCUT2D eigenvalue weighted by Gasteiger charge is -1.92. The van der Waals surface area contributed by atoms with Gasteiger partial charge < -0.3 is 9.36 Å². The summed E-state index contributed by atoms with van der Waals surface area (Å²) in [5, 5.41) is 0. The molecule has 0 unspecified atom stereocenters. The zero-order chi connectivity index (χ0) is 6.69. The van der Waals surface area contributed by atoms with Gasteiger partial charge in [0.25, 0.3) is 0 Å². The van der Waals surface area contributed by atoms with Crippen LogP contribution in [0.1, 0.15) is 0 Å². The Hall–Kier alpha value is -0.640. The van der Waals surface area contributed by atoms with Crippen molar-refractivity contribution in [3.05, 3.63) is 17.1 Å². The minimum absolute atomic E-state index is 0.362. The van der Waals surface area contributed by atoms with E-state index < -0.39 is 0 Å². The Kier molecular flexibility index (Phi) is 2.00. The summed E-state index contributed by atoms with van der Waals surface area (Å²) < 4.78 is 2.39. The van der Waals surface area contributed by atoms with Crippen LogP contribution < -0.4 is 0 Å². The summed E-state index contributed by atoms with van der Waals surface area (Å²) in [6.07, 6.45) is 4.19.